The van der Waals surface area contributed by atoms with Gasteiger partial charge in [0.1, 0.15) is 30.0 Å². The quantitative estimate of drug-likeness (QED) is 0.514. The van der Waals surface area contributed by atoms with Gasteiger partial charge >= 0.3 is 0 Å². The SMILES string of the molecule is CCOc1ccc(S(=O)(=O)NCCNc2cc(-n3cnc(C)c3C)ncn2)cc1. The first-order valence-electron chi connectivity index (χ1n) is 9.20. The molecule has 3 aromatic rings. The second-order valence-corrected chi connectivity index (χ2v) is 8.04. The molecule has 0 amide bonds. The number of nitrogens with one attached hydrogen (secondary N) is 2. The number of aromatic nitrogens is 4. The van der Waals surface area contributed by atoms with Crippen LogP contribution in [0.3, 0.4) is 0 Å². The number of ether oxygens (including phenoxy) is 1. The molecule has 154 valence electrons. The second kappa shape index (κ2) is 9.01. The molecule has 0 aliphatic rings. The third-order valence-corrected chi connectivity index (χ3v) is 5.80. The number of aryl methyl sites for hydroxylation is 1. The lowest BCUT2D eigenvalue weighted by Crippen LogP contribution is -2.29. The van der Waals surface area contributed by atoms with E-state index in [0.717, 1.165) is 11.4 Å². The van der Waals surface area contributed by atoms with Crippen LogP contribution in [0.1, 0.15) is 18.3 Å². The summed E-state index contributed by atoms with van der Waals surface area (Å²) in [6, 6.07) is 8.10. The molecular weight excluding hydrogens is 392 g/mol. The summed E-state index contributed by atoms with van der Waals surface area (Å²) in [5, 5.41) is 3.10. The van der Waals surface area contributed by atoms with Crippen LogP contribution in [-0.4, -0.2) is 47.6 Å². The van der Waals surface area contributed by atoms with Gasteiger partial charge in [0, 0.05) is 24.8 Å². The fourth-order valence-electron chi connectivity index (χ4n) is 2.65. The topological polar surface area (TPSA) is 111 Å². The van der Waals surface area contributed by atoms with Gasteiger partial charge in [-0.3, -0.25) is 4.57 Å². The highest BCUT2D eigenvalue weighted by molar-refractivity contribution is 7.89. The number of rotatable bonds is 9. The van der Waals surface area contributed by atoms with Crippen molar-refractivity contribution in [2.75, 3.05) is 25.0 Å². The Morgan fingerprint density at radius 3 is 2.48 bits per heavy atom. The van der Waals surface area contributed by atoms with E-state index in [1.165, 1.54) is 18.5 Å². The van der Waals surface area contributed by atoms with Gasteiger partial charge in [-0.25, -0.2) is 28.1 Å². The Hall–Kier alpha value is -2.98. The van der Waals surface area contributed by atoms with Crippen LogP contribution in [0.15, 0.2) is 47.9 Å². The van der Waals surface area contributed by atoms with E-state index >= 15 is 0 Å². The molecule has 0 radical (unpaired) electrons. The summed E-state index contributed by atoms with van der Waals surface area (Å²) < 4.78 is 34.5. The van der Waals surface area contributed by atoms with Crippen molar-refractivity contribution in [2.24, 2.45) is 0 Å². The van der Waals surface area contributed by atoms with Gasteiger partial charge in [0.05, 0.1) is 17.2 Å². The van der Waals surface area contributed by atoms with Crippen LogP contribution < -0.4 is 14.8 Å². The number of benzene rings is 1. The predicted molar refractivity (Wildman–Crippen MR) is 110 cm³/mol. The van der Waals surface area contributed by atoms with Crippen molar-refractivity contribution in [3.63, 3.8) is 0 Å². The van der Waals surface area contributed by atoms with Crippen molar-refractivity contribution in [3.05, 3.63) is 54.4 Å². The fraction of sp³-hybridized carbons (Fsp3) is 0.316. The van der Waals surface area contributed by atoms with Crippen molar-refractivity contribution in [3.8, 4) is 11.6 Å². The molecule has 0 bridgehead atoms. The van der Waals surface area contributed by atoms with E-state index in [1.54, 1.807) is 24.5 Å². The third kappa shape index (κ3) is 5.09. The second-order valence-electron chi connectivity index (χ2n) is 6.28. The normalized spacial score (nSPS) is 11.4. The largest absolute Gasteiger partial charge is 0.494 e. The summed E-state index contributed by atoms with van der Waals surface area (Å²) in [6.45, 7) is 6.88. The summed E-state index contributed by atoms with van der Waals surface area (Å²) >= 11 is 0. The van der Waals surface area contributed by atoms with Gasteiger partial charge in [-0.2, -0.15) is 0 Å². The average molecular weight is 417 g/mol. The fourth-order valence-corrected chi connectivity index (χ4v) is 3.68. The standard InChI is InChI=1S/C19H24N6O3S/c1-4-28-16-5-7-17(8-6-16)29(26,27)24-10-9-20-18-11-19(22-12-21-18)25-13-23-14(2)15(25)3/h5-8,11-13,24H,4,9-10H2,1-3H3,(H,20,21,22). The third-order valence-electron chi connectivity index (χ3n) is 4.32. The number of imidazole rings is 1. The molecule has 0 atom stereocenters. The minimum atomic E-state index is -3.59. The van der Waals surface area contributed by atoms with Crippen molar-refractivity contribution < 1.29 is 13.2 Å². The smallest absolute Gasteiger partial charge is 0.240 e. The molecule has 9 nitrogen and oxygen atoms in total. The molecule has 2 aromatic heterocycles. The number of anilines is 1. The summed E-state index contributed by atoms with van der Waals surface area (Å²) in [6.07, 6.45) is 3.16. The van der Waals surface area contributed by atoms with Gasteiger partial charge in [-0.05, 0) is 45.0 Å². The number of hydrogen-bond donors (Lipinski definition) is 2. The van der Waals surface area contributed by atoms with E-state index in [2.05, 4.69) is 25.0 Å². The Balaban J connectivity index is 1.56. The lowest BCUT2D eigenvalue weighted by molar-refractivity contribution is 0.340. The molecule has 0 spiro atoms. The van der Waals surface area contributed by atoms with E-state index in [-0.39, 0.29) is 11.4 Å². The molecule has 0 saturated heterocycles. The molecule has 0 fully saturated rings. The molecule has 2 N–H and O–H groups in total. The van der Waals surface area contributed by atoms with E-state index in [9.17, 15) is 8.42 Å². The molecule has 0 unspecified atom stereocenters. The van der Waals surface area contributed by atoms with Crippen LogP contribution >= 0.6 is 0 Å². The number of hydrogen-bond acceptors (Lipinski definition) is 7. The molecule has 0 aliphatic heterocycles. The maximum Gasteiger partial charge on any atom is 0.240 e. The highest BCUT2D eigenvalue weighted by Gasteiger charge is 2.13. The molecule has 0 aliphatic carbocycles. The first-order valence-corrected chi connectivity index (χ1v) is 10.7. The maximum absolute atomic E-state index is 12.4. The zero-order valence-electron chi connectivity index (χ0n) is 16.6. The van der Waals surface area contributed by atoms with Gasteiger partial charge in [0.25, 0.3) is 0 Å². The molecule has 1 aromatic carbocycles. The van der Waals surface area contributed by atoms with E-state index in [0.29, 0.717) is 30.5 Å². The van der Waals surface area contributed by atoms with Crippen molar-refractivity contribution in [2.45, 2.75) is 25.7 Å². The van der Waals surface area contributed by atoms with Crippen molar-refractivity contribution >= 4 is 15.8 Å². The maximum atomic E-state index is 12.4. The molecule has 0 saturated carbocycles. The lowest BCUT2D eigenvalue weighted by atomic mass is 10.3. The van der Waals surface area contributed by atoms with Crippen LogP contribution in [0.5, 0.6) is 5.75 Å². The Morgan fingerprint density at radius 2 is 1.83 bits per heavy atom. The van der Waals surface area contributed by atoms with Crippen LogP contribution in [0.25, 0.3) is 5.82 Å². The minimum Gasteiger partial charge on any atom is -0.494 e. The van der Waals surface area contributed by atoms with Crippen molar-refractivity contribution in [1.29, 1.82) is 0 Å². The molecule has 10 heteroatoms. The van der Waals surface area contributed by atoms with Gasteiger partial charge in [-0.1, -0.05) is 0 Å². The Kier molecular flexibility index (Phi) is 6.45. The van der Waals surface area contributed by atoms with E-state index in [4.69, 9.17) is 4.74 Å². The highest BCUT2D eigenvalue weighted by Crippen LogP contribution is 2.16. The zero-order valence-corrected chi connectivity index (χ0v) is 17.4. The van der Waals surface area contributed by atoms with E-state index in [1.807, 2.05) is 25.3 Å². The Labute approximate surface area is 170 Å². The summed E-state index contributed by atoms with van der Waals surface area (Å²) in [5.74, 6) is 1.92. The highest BCUT2D eigenvalue weighted by atomic mass is 32.2. The number of nitrogens with zero attached hydrogens (tertiary/aromatic N) is 4. The molecule has 29 heavy (non-hydrogen) atoms. The zero-order chi connectivity index (χ0) is 20.9. The van der Waals surface area contributed by atoms with Crippen LogP contribution in [0, 0.1) is 13.8 Å². The average Bonchev–Trinajstić information content (AvgIpc) is 3.05. The summed E-state index contributed by atoms with van der Waals surface area (Å²) in [7, 11) is -3.59. The van der Waals surface area contributed by atoms with Gasteiger partial charge < -0.3 is 10.1 Å². The van der Waals surface area contributed by atoms with Gasteiger partial charge in [-0.15, -0.1) is 0 Å². The molecule has 2 heterocycles. The van der Waals surface area contributed by atoms with Crippen LogP contribution in [0.2, 0.25) is 0 Å². The van der Waals surface area contributed by atoms with E-state index < -0.39 is 10.0 Å². The van der Waals surface area contributed by atoms with Crippen molar-refractivity contribution in [1.82, 2.24) is 24.2 Å². The monoisotopic (exact) mass is 416 g/mol. The molecular formula is C19H24N6O3S. The number of sulfonamides is 1. The minimum absolute atomic E-state index is 0.191. The summed E-state index contributed by atoms with van der Waals surface area (Å²) in [4.78, 5) is 12.9. The first-order chi connectivity index (χ1) is 13.9. The van der Waals surface area contributed by atoms with Gasteiger partial charge in [0.15, 0.2) is 0 Å². The predicted octanol–water partition coefficient (Wildman–Crippen LogP) is 2.07. The first kappa shape index (κ1) is 20.7. The lowest BCUT2D eigenvalue weighted by Gasteiger charge is -2.10. The van der Waals surface area contributed by atoms with Gasteiger partial charge in [0.2, 0.25) is 10.0 Å². The Morgan fingerprint density at radius 1 is 1.07 bits per heavy atom. The molecule has 3 rings (SSSR count). The summed E-state index contributed by atoms with van der Waals surface area (Å²) in [5.41, 5.74) is 1.93. The van der Waals surface area contributed by atoms with Crippen LogP contribution in [0.4, 0.5) is 5.82 Å². The van der Waals surface area contributed by atoms with Crippen LogP contribution in [-0.2, 0) is 10.0 Å². The Bertz CT molecular complexity index is 1060.